The summed E-state index contributed by atoms with van der Waals surface area (Å²) < 4.78 is 0. The second kappa shape index (κ2) is 8.28. The smallest absolute Gasteiger partial charge is 0.0258 e. The van der Waals surface area contributed by atoms with Crippen LogP contribution in [0.25, 0.3) is 0 Å². The van der Waals surface area contributed by atoms with Crippen molar-refractivity contribution in [2.75, 3.05) is 0 Å². The van der Waals surface area contributed by atoms with Crippen molar-refractivity contribution in [3.63, 3.8) is 0 Å². The van der Waals surface area contributed by atoms with Crippen LogP contribution in [0.4, 0.5) is 0 Å². The van der Waals surface area contributed by atoms with Crippen LogP contribution in [0, 0.1) is 12.3 Å². The Kier molecular flexibility index (Phi) is 6.81. The summed E-state index contributed by atoms with van der Waals surface area (Å²) in [5, 5.41) is 3.71. The van der Waals surface area contributed by atoms with Crippen molar-refractivity contribution in [1.29, 1.82) is 0 Å². The molecule has 0 saturated heterocycles. The lowest BCUT2D eigenvalue weighted by Crippen LogP contribution is -2.30. The minimum atomic E-state index is 0.720. The van der Waals surface area contributed by atoms with Gasteiger partial charge in [-0.15, -0.1) is 12.3 Å². The highest BCUT2D eigenvalue weighted by atomic mass is 14.9. The van der Waals surface area contributed by atoms with Crippen LogP contribution in [0.15, 0.2) is 11.8 Å². The van der Waals surface area contributed by atoms with Crippen LogP contribution < -0.4 is 5.32 Å². The quantitative estimate of drug-likeness (QED) is 0.526. The third kappa shape index (κ3) is 5.26. The molecule has 1 N–H and O–H groups in total. The fraction of sp³-hybridized carbons (Fsp3) is 0.733. The van der Waals surface area contributed by atoms with E-state index in [0.717, 1.165) is 31.7 Å². The zero-order chi connectivity index (χ0) is 11.6. The predicted molar refractivity (Wildman–Crippen MR) is 71.1 cm³/mol. The van der Waals surface area contributed by atoms with Crippen LogP contribution in [0.3, 0.4) is 0 Å². The van der Waals surface area contributed by atoms with Gasteiger partial charge in [0, 0.05) is 18.2 Å². The van der Waals surface area contributed by atoms with Gasteiger partial charge in [-0.25, -0.2) is 0 Å². The Morgan fingerprint density at radius 3 is 2.75 bits per heavy atom. The first-order chi connectivity index (χ1) is 7.86. The lowest BCUT2D eigenvalue weighted by molar-refractivity contribution is 0.391. The summed E-state index contributed by atoms with van der Waals surface area (Å²) in [6, 6.07) is 0.720. The van der Waals surface area contributed by atoms with Gasteiger partial charge < -0.3 is 5.32 Å². The highest BCUT2D eigenvalue weighted by Crippen LogP contribution is 2.19. The summed E-state index contributed by atoms with van der Waals surface area (Å²) in [7, 11) is 0. The van der Waals surface area contributed by atoms with Gasteiger partial charge in [0.1, 0.15) is 0 Å². The number of hydrogen-bond donors (Lipinski definition) is 1. The van der Waals surface area contributed by atoms with E-state index in [1.54, 1.807) is 0 Å². The molecule has 0 atom stereocenters. The van der Waals surface area contributed by atoms with Crippen molar-refractivity contribution in [2.45, 2.75) is 70.8 Å². The second-order valence-corrected chi connectivity index (χ2v) is 4.67. The molecular formula is C15H25N. The molecule has 1 heteroatoms. The number of unbranched alkanes of at least 4 members (excludes halogenated alkanes) is 1. The number of hydrogen-bond acceptors (Lipinski definition) is 1. The number of rotatable bonds is 6. The number of terminal acetylenes is 1. The minimum absolute atomic E-state index is 0.720. The maximum Gasteiger partial charge on any atom is 0.0258 e. The van der Waals surface area contributed by atoms with Crippen molar-refractivity contribution in [3.8, 4) is 12.3 Å². The topological polar surface area (TPSA) is 12.0 Å². The van der Waals surface area contributed by atoms with E-state index in [1.165, 1.54) is 37.8 Å². The Bertz CT molecular complexity index is 241. The number of nitrogens with one attached hydrogen (secondary N) is 1. The van der Waals surface area contributed by atoms with Crippen molar-refractivity contribution >= 4 is 0 Å². The van der Waals surface area contributed by atoms with E-state index in [9.17, 15) is 0 Å². The zero-order valence-electron chi connectivity index (χ0n) is 10.6. The summed E-state index contributed by atoms with van der Waals surface area (Å²) in [6.07, 6.45) is 18.7. The summed E-state index contributed by atoms with van der Waals surface area (Å²) in [6.45, 7) is 2.20. The van der Waals surface area contributed by atoms with Crippen LogP contribution in [-0.4, -0.2) is 6.04 Å². The minimum Gasteiger partial charge on any atom is -0.386 e. The lowest BCUT2D eigenvalue weighted by Gasteiger charge is -2.25. The van der Waals surface area contributed by atoms with Gasteiger partial charge in [-0.2, -0.15) is 0 Å². The van der Waals surface area contributed by atoms with Gasteiger partial charge in [-0.3, -0.25) is 0 Å². The van der Waals surface area contributed by atoms with Gasteiger partial charge in [0.15, 0.2) is 0 Å². The van der Waals surface area contributed by atoms with E-state index < -0.39 is 0 Å². The first-order valence-electron chi connectivity index (χ1n) is 6.75. The van der Waals surface area contributed by atoms with Crippen molar-refractivity contribution in [3.05, 3.63) is 11.8 Å². The molecule has 0 aromatic carbocycles. The molecule has 1 rings (SSSR count). The summed E-state index contributed by atoms with van der Waals surface area (Å²) in [5.41, 5.74) is 1.42. The van der Waals surface area contributed by atoms with Crippen LogP contribution in [-0.2, 0) is 0 Å². The van der Waals surface area contributed by atoms with Gasteiger partial charge in [0.2, 0.25) is 0 Å². The van der Waals surface area contributed by atoms with Crippen LogP contribution in [0.5, 0.6) is 0 Å². The first kappa shape index (κ1) is 13.2. The summed E-state index contributed by atoms with van der Waals surface area (Å²) >= 11 is 0. The highest BCUT2D eigenvalue weighted by molar-refractivity contribution is 5.02. The summed E-state index contributed by atoms with van der Waals surface area (Å²) in [4.78, 5) is 0. The molecule has 16 heavy (non-hydrogen) atoms. The van der Waals surface area contributed by atoms with Gasteiger partial charge in [-0.1, -0.05) is 32.3 Å². The molecule has 1 nitrogen and oxygen atoms in total. The molecular weight excluding hydrogens is 194 g/mol. The van der Waals surface area contributed by atoms with Crippen molar-refractivity contribution < 1.29 is 0 Å². The molecule has 1 aliphatic rings. The molecule has 0 heterocycles. The Balaban J connectivity index is 2.32. The fourth-order valence-electron chi connectivity index (χ4n) is 2.37. The van der Waals surface area contributed by atoms with E-state index in [-0.39, 0.29) is 0 Å². The van der Waals surface area contributed by atoms with E-state index in [0.29, 0.717) is 0 Å². The zero-order valence-corrected chi connectivity index (χ0v) is 10.6. The van der Waals surface area contributed by atoms with E-state index in [2.05, 4.69) is 24.2 Å². The monoisotopic (exact) mass is 219 g/mol. The van der Waals surface area contributed by atoms with E-state index in [4.69, 9.17) is 6.42 Å². The molecule has 0 aliphatic heterocycles. The molecule has 0 aromatic heterocycles. The molecule has 0 bridgehead atoms. The average Bonchev–Trinajstić information content (AvgIpc) is 2.31. The van der Waals surface area contributed by atoms with Crippen molar-refractivity contribution in [2.24, 2.45) is 0 Å². The van der Waals surface area contributed by atoms with Crippen molar-refractivity contribution in [1.82, 2.24) is 5.32 Å². The molecule has 0 radical (unpaired) electrons. The van der Waals surface area contributed by atoms with Crippen LogP contribution in [0.2, 0.25) is 0 Å². The van der Waals surface area contributed by atoms with Crippen LogP contribution in [0.1, 0.15) is 64.7 Å². The first-order valence-corrected chi connectivity index (χ1v) is 6.75. The fourth-order valence-corrected chi connectivity index (χ4v) is 2.37. The largest absolute Gasteiger partial charge is 0.386 e. The second-order valence-electron chi connectivity index (χ2n) is 4.67. The Labute approximate surface area is 101 Å². The average molecular weight is 219 g/mol. The molecule has 90 valence electrons. The Morgan fingerprint density at radius 2 is 2.12 bits per heavy atom. The van der Waals surface area contributed by atoms with Gasteiger partial charge in [0.05, 0.1) is 0 Å². The maximum atomic E-state index is 5.28. The molecule has 1 saturated carbocycles. The predicted octanol–water partition coefficient (Wildman–Crippen LogP) is 4.01. The Morgan fingerprint density at radius 1 is 1.38 bits per heavy atom. The molecule has 0 amide bonds. The lowest BCUT2D eigenvalue weighted by atomic mass is 9.95. The summed E-state index contributed by atoms with van der Waals surface area (Å²) in [5.74, 6) is 2.71. The van der Waals surface area contributed by atoms with Crippen LogP contribution >= 0.6 is 0 Å². The molecule has 0 aromatic rings. The van der Waals surface area contributed by atoms with E-state index >= 15 is 0 Å². The Hall–Kier alpha value is -0.900. The van der Waals surface area contributed by atoms with Gasteiger partial charge >= 0.3 is 0 Å². The third-order valence-electron chi connectivity index (χ3n) is 3.21. The van der Waals surface area contributed by atoms with Gasteiger partial charge in [0.25, 0.3) is 0 Å². The molecule has 1 aliphatic carbocycles. The highest BCUT2D eigenvalue weighted by Gasteiger charge is 2.13. The van der Waals surface area contributed by atoms with Gasteiger partial charge in [-0.05, 0) is 32.1 Å². The normalized spacial score (nSPS) is 18.1. The molecule has 1 fully saturated rings. The standard InChI is InChI=1S/C15H25N/c1-3-5-7-11-14(10-4-2)16-15-12-8-6-9-13-15/h1,10,15-16H,4-9,11-13H2,2H3/b14-10-. The molecule has 0 unspecified atom stereocenters. The van der Waals surface area contributed by atoms with E-state index in [1.807, 2.05) is 0 Å². The maximum absolute atomic E-state index is 5.28. The number of allylic oxidation sites excluding steroid dienone is 2. The SMILES string of the molecule is C#CCCC/C(=C/CC)NC1CCCCC1. The third-order valence-corrected chi connectivity index (χ3v) is 3.21. The molecule has 0 spiro atoms.